The molecule has 0 aliphatic carbocycles. The lowest BCUT2D eigenvalue weighted by molar-refractivity contribution is -0.275. The number of ether oxygens (including phenoxy) is 1. The van der Waals surface area contributed by atoms with Crippen LogP contribution in [-0.2, 0) is 6.54 Å². The van der Waals surface area contributed by atoms with E-state index < -0.39 is 23.7 Å². The van der Waals surface area contributed by atoms with E-state index in [4.69, 9.17) is 11.5 Å². The van der Waals surface area contributed by atoms with Crippen LogP contribution in [0.25, 0.3) is 0 Å². The van der Waals surface area contributed by atoms with Gasteiger partial charge in [0.2, 0.25) is 0 Å². The van der Waals surface area contributed by atoms with Crippen LogP contribution in [0.4, 0.5) is 23.4 Å². The Bertz CT molecular complexity index is 366. The number of halogens is 4. The summed E-state index contributed by atoms with van der Waals surface area (Å²) < 4.78 is 51.9. The maximum absolute atomic E-state index is 12.8. The molecule has 0 fully saturated rings. The summed E-state index contributed by atoms with van der Waals surface area (Å²) in [7, 11) is 0. The van der Waals surface area contributed by atoms with Gasteiger partial charge in [0.05, 0.1) is 5.69 Å². The minimum absolute atomic E-state index is 0.258. The van der Waals surface area contributed by atoms with E-state index in [-0.39, 0.29) is 12.2 Å². The second kappa shape index (κ2) is 3.89. The summed E-state index contributed by atoms with van der Waals surface area (Å²) in [4.78, 5) is 3.33. The zero-order chi connectivity index (χ0) is 11.6. The highest BCUT2D eigenvalue weighted by atomic mass is 19.4. The summed E-state index contributed by atoms with van der Waals surface area (Å²) in [5.74, 6) is -2.40. The smallest absolute Gasteiger partial charge is 0.404 e. The quantitative estimate of drug-likeness (QED) is 0.740. The van der Waals surface area contributed by atoms with Crippen molar-refractivity contribution in [2.45, 2.75) is 12.9 Å². The van der Waals surface area contributed by atoms with Crippen LogP contribution in [0, 0.1) is 5.82 Å². The van der Waals surface area contributed by atoms with Crippen molar-refractivity contribution in [3.8, 4) is 5.75 Å². The van der Waals surface area contributed by atoms with Crippen molar-refractivity contribution in [2.24, 2.45) is 5.73 Å². The first-order valence-electron chi connectivity index (χ1n) is 3.74. The molecule has 0 unspecified atom stereocenters. The summed E-state index contributed by atoms with van der Waals surface area (Å²) in [5.41, 5.74) is 9.89. The summed E-state index contributed by atoms with van der Waals surface area (Å²) in [6, 6.07) is 0.498. The highest BCUT2D eigenvalue weighted by molar-refractivity contribution is 5.39. The second-order valence-electron chi connectivity index (χ2n) is 2.55. The first-order valence-corrected chi connectivity index (χ1v) is 3.74. The van der Waals surface area contributed by atoms with Crippen LogP contribution in [-0.4, -0.2) is 11.3 Å². The van der Waals surface area contributed by atoms with E-state index in [1.54, 1.807) is 0 Å². The number of aromatic nitrogens is 1. The lowest BCUT2D eigenvalue weighted by Crippen LogP contribution is -2.20. The standard InChI is InChI=1S/C7H7F4N3O/c8-3-1-5(15-7(9,10)11)4(2-12)14-6(3)13/h1H,2,12H2,(H2,13,14). The molecule has 1 aromatic rings. The molecular weight excluding hydrogens is 218 g/mol. The average molecular weight is 225 g/mol. The average Bonchev–Trinajstić information content (AvgIpc) is 2.08. The van der Waals surface area contributed by atoms with Crippen molar-refractivity contribution in [3.05, 3.63) is 17.6 Å². The number of nitrogen functional groups attached to an aromatic ring is 1. The molecule has 1 heterocycles. The third kappa shape index (κ3) is 2.94. The second-order valence-corrected chi connectivity index (χ2v) is 2.55. The number of pyridine rings is 1. The predicted molar refractivity (Wildman–Crippen MR) is 43.2 cm³/mol. The molecule has 0 aromatic carbocycles. The van der Waals surface area contributed by atoms with E-state index in [0.717, 1.165) is 0 Å². The molecule has 0 aliphatic rings. The van der Waals surface area contributed by atoms with Crippen LogP contribution in [0.15, 0.2) is 6.07 Å². The Kier molecular flexibility index (Phi) is 2.98. The van der Waals surface area contributed by atoms with Crippen LogP contribution in [0.2, 0.25) is 0 Å². The van der Waals surface area contributed by atoms with Gasteiger partial charge in [-0.15, -0.1) is 13.2 Å². The molecule has 84 valence electrons. The normalized spacial score (nSPS) is 11.5. The van der Waals surface area contributed by atoms with Gasteiger partial charge in [0.25, 0.3) is 0 Å². The monoisotopic (exact) mass is 225 g/mol. The molecule has 1 rings (SSSR count). The molecule has 0 atom stereocenters. The Labute approximate surface area is 81.8 Å². The lowest BCUT2D eigenvalue weighted by atomic mass is 10.3. The van der Waals surface area contributed by atoms with E-state index >= 15 is 0 Å². The van der Waals surface area contributed by atoms with Gasteiger partial charge in [-0.3, -0.25) is 0 Å². The third-order valence-electron chi connectivity index (χ3n) is 1.46. The third-order valence-corrected chi connectivity index (χ3v) is 1.46. The molecule has 0 radical (unpaired) electrons. The minimum Gasteiger partial charge on any atom is -0.404 e. The number of rotatable bonds is 2. The van der Waals surface area contributed by atoms with Crippen molar-refractivity contribution >= 4 is 5.82 Å². The maximum Gasteiger partial charge on any atom is 0.573 e. The van der Waals surface area contributed by atoms with Crippen molar-refractivity contribution < 1.29 is 22.3 Å². The highest BCUT2D eigenvalue weighted by Gasteiger charge is 2.32. The number of hydrogen-bond acceptors (Lipinski definition) is 4. The molecule has 15 heavy (non-hydrogen) atoms. The van der Waals surface area contributed by atoms with Crippen molar-refractivity contribution in [1.82, 2.24) is 4.98 Å². The zero-order valence-electron chi connectivity index (χ0n) is 7.31. The number of nitrogens with two attached hydrogens (primary N) is 2. The molecule has 4 N–H and O–H groups in total. The Morgan fingerprint density at radius 2 is 2.00 bits per heavy atom. The van der Waals surface area contributed by atoms with Gasteiger partial charge in [-0.25, -0.2) is 9.37 Å². The van der Waals surface area contributed by atoms with Gasteiger partial charge in [0, 0.05) is 12.6 Å². The summed E-state index contributed by atoms with van der Waals surface area (Å²) in [6.07, 6.45) is -4.92. The van der Waals surface area contributed by atoms with Gasteiger partial charge in [-0.2, -0.15) is 0 Å². The molecule has 0 saturated carbocycles. The molecule has 8 heteroatoms. The first-order chi connectivity index (χ1) is 6.83. The van der Waals surface area contributed by atoms with Gasteiger partial charge in [-0.1, -0.05) is 0 Å². The number of hydrogen-bond donors (Lipinski definition) is 2. The molecule has 0 bridgehead atoms. The molecule has 0 spiro atoms. The van der Waals surface area contributed by atoms with Gasteiger partial charge in [-0.05, 0) is 0 Å². The van der Waals surface area contributed by atoms with Gasteiger partial charge in [0.1, 0.15) is 0 Å². The summed E-state index contributed by atoms with van der Waals surface area (Å²) in [6.45, 7) is -0.337. The van der Waals surface area contributed by atoms with E-state index in [1.165, 1.54) is 0 Å². The highest BCUT2D eigenvalue weighted by Crippen LogP contribution is 2.27. The maximum atomic E-state index is 12.8. The fourth-order valence-corrected chi connectivity index (χ4v) is 0.886. The van der Waals surface area contributed by atoms with Gasteiger partial charge < -0.3 is 16.2 Å². The minimum atomic E-state index is -4.92. The molecule has 0 saturated heterocycles. The Morgan fingerprint density at radius 1 is 1.40 bits per heavy atom. The van der Waals surface area contributed by atoms with E-state index in [1.807, 2.05) is 0 Å². The SMILES string of the molecule is NCc1nc(N)c(F)cc1OC(F)(F)F. The molecule has 0 amide bonds. The van der Waals surface area contributed by atoms with Crippen LogP contribution in [0.5, 0.6) is 5.75 Å². The van der Waals surface area contributed by atoms with Crippen molar-refractivity contribution in [3.63, 3.8) is 0 Å². The largest absolute Gasteiger partial charge is 0.573 e. The summed E-state index contributed by atoms with van der Waals surface area (Å²) >= 11 is 0. The van der Waals surface area contributed by atoms with E-state index in [0.29, 0.717) is 6.07 Å². The van der Waals surface area contributed by atoms with Crippen molar-refractivity contribution in [2.75, 3.05) is 5.73 Å². The molecule has 1 aromatic heterocycles. The lowest BCUT2D eigenvalue weighted by Gasteiger charge is -2.12. The molecular formula is C7H7F4N3O. The topological polar surface area (TPSA) is 74.2 Å². The zero-order valence-corrected chi connectivity index (χ0v) is 7.31. The molecule has 0 aliphatic heterocycles. The predicted octanol–water partition coefficient (Wildman–Crippen LogP) is 1.16. The van der Waals surface area contributed by atoms with Crippen LogP contribution < -0.4 is 16.2 Å². The fourth-order valence-electron chi connectivity index (χ4n) is 0.886. The van der Waals surface area contributed by atoms with E-state index in [9.17, 15) is 17.6 Å². The number of alkyl halides is 3. The fraction of sp³-hybridized carbons (Fsp3) is 0.286. The van der Waals surface area contributed by atoms with Gasteiger partial charge >= 0.3 is 6.36 Å². The number of anilines is 1. The van der Waals surface area contributed by atoms with Crippen LogP contribution in [0.1, 0.15) is 5.69 Å². The first kappa shape index (κ1) is 11.5. The van der Waals surface area contributed by atoms with Crippen LogP contribution >= 0.6 is 0 Å². The van der Waals surface area contributed by atoms with E-state index in [2.05, 4.69) is 9.72 Å². The molecule has 4 nitrogen and oxygen atoms in total. The Hall–Kier alpha value is -1.57. The van der Waals surface area contributed by atoms with Crippen molar-refractivity contribution in [1.29, 1.82) is 0 Å². The Morgan fingerprint density at radius 3 is 2.47 bits per heavy atom. The van der Waals surface area contributed by atoms with Gasteiger partial charge in [0.15, 0.2) is 17.4 Å². The Balaban J connectivity index is 3.11. The number of nitrogens with zero attached hydrogens (tertiary/aromatic N) is 1. The summed E-state index contributed by atoms with van der Waals surface area (Å²) in [5, 5.41) is 0. The van der Waals surface area contributed by atoms with Crippen LogP contribution in [0.3, 0.4) is 0 Å².